The molecule has 2 atom stereocenters. The molecule has 0 bridgehead atoms. The van der Waals surface area contributed by atoms with Gasteiger partial charge in [-0.15, -0.1) is 0 Å². The Balaban J connectivity index is 1.89. The van der Waals surface area contributed by atoms with Crippen molar-refractivity contribution in [2.45, 2.75) is 32.2 Å². The van der Waals surface area contributed by atoms with E-state index in [1.54, 1.807) is 12.2 Å². The van der Waals surface area contributed by atoms with Crippen molar-refractivity contribution in [1.82, 2.24) is 10.6 Å². The Hall–Kier alpha value is -1.36. The number of hydrogen-bond donors (Lipinski definition) is 3. The molecule has 0 spiro atoms. The fourth-order valence-corrected chi connectivity index (χ4v) is 2.54. The molecule has 2 unspecified atom stereocenters. The number of carboxylic acid groups (broad SMARTS) is 1. The van der Waals surface area contributed by atoms with Crippen molar-refractivity contribution in [3.8, 4) is 0 Å². The smallest absolute Gasteiger partial charge is 0.310 e. The Labute approximate surface area is 107 Å². The van der Waals surface area contributed by atoms with Crippen LogP contribution in [0.4, 0.5) is 0 Å². The second-order valence-electron chi connectivity index (χ2n) is 5.46. The summed E-state index contributed by atoms with van der Waals surface area (Å²) in [5, 5.41) is 15.1. The maximum absolute atomic E-state index is 12.2. The molecule has 1 heterocycles. The summed E-state index contributed by atoms with van der Waals surface area (Å²) < 4.78 is 0. The van der Waals surface area contributed by atoms with E-state index in [0.29, 0.717) is 6.42 Å². The number of piperidine rings is 1. The monoisotopic (exact) mass is 252 g/mol. The predicted molar refractivity (Wildman–Crippen MR) is 67.0 cm³/mol. The van der Waals surface area contributed by atoms with Crippen molar-refractivity contribution in [2.75, 3.05) is 13.1 Å². The molecule has 0 aromatic rings. The third kappa shape index (κ3) is 2.72. The molecule has 1 aliphatic heterocycles. The minimum atomic E-state index is -0.823. The number of aliphatic carboxylic acids is 1. The van der Waals surface area contributed by atoms with Crippen LogP contribution >= 0.6 is 0 Å². The van der Waals surface area contributed by atoms with Crippen molar-refractivity contribution in [1.29, 1.82) is 0 Å². The van der Waals surface area contributed by atoms with E-state index in [4.69, 9.17) is 5.11 Å². The number of amides is 1. The van der Waals surface area contributed by atoms with Gasteiger partial charge in [0.2, 0.25) is 5.91 Å². The second-order valence-corrected chi connectivity index (χ2v) is 5.46. The Morgan fingerprint density at radius 3 is 2.56 bits per heavy atom. The molecule has 1 fully saturated rings. The Bertz CT molecular complexity index is 372. The molecule has 3 N–H and O–H groups in total. The zero-order valence-electron chi connectivity index (χ0n) is 10.6. The quantitative estimate of drug-likeness (QED) is 0.640. The Morgan fingerprint density at radius 2 is 2.00 bits per heavy atom. The first kappa shape index (κ1) is 13.1. The molecular weight excluding hydrogens is 232 g/mol. The summed E-state index contributed by atoms with van der Waals surface area (Å²) in [4.78, 5) is 23.1. The molecular formula is C13H20N2O3. The molecule has 0 aromatic carbocycles. The summed E-state index contributed by atoms with van der Waals surface area (Å²) >= 11 is 0. The average Bonchev–Trinajstić information content (AvgIpc) is 2.78. The summed E-state index contributed by atoms with van der Waals surface area (Å²) in [6, 6.07) is -0.134. The molecule has 18 heavy (non-hydrogen) atoms. The first-order chi connectivity index (χ1) is 8.51. The van der Waals surface area contributed by atoms with E-state index >= 15 is 0 Å². The highest BCUT2D eigenvalue weighted by molar-refractivity contribution is 5.83. The number of hydrogen-bond acceptors (Lipinski definition) is 3. The van der Waals surface area contributed by atoms with Gasteiger partial charge in [-0.1, -0.05) is 19.1 Å². The van der Waals surface area contributed by atoms with Gasteiger partial charge in [-0.3, -0.25) is 9.59 Å². The lowest BCUT2D eigenvalue weighted by Crippen LogP contribution is -2.48. The number of rotatable bonds is 3. The Kier molecular flexibility index (Phi) is 3.71. The first-order valence-corrected chi connectivity index (χ1v) is 6.44. The van der Waals surface area contributed by atoms with Crippen molar-refractivity contribution in [3.05, 3.63) is 12.2 Å². The number of carbonyl (C=O) groups excluding carboxylic acids is 1. The van der Waals surface area contributed by atoms with Crippen LogP contribution in [0.5, 0.6) is 0 Å². The van der Waals surface area contributed by atoms with Crippen LogP contribution in [0.25, 0.3) is 0 Å². The van der Waals surface area contributed by atoms with Crippen LogP contribution in [0.15, 0.2) is 12.2 Å². The van der Waals surface area contributed by atoms with Crippen LogP contribution in [-0.2, 0) is 9.59 Å². The lowest BCUT2D eigenvalue weighted by atomic mass is 9.80. The van der Waals surface area contributed by atoms with Gasteiger partial charge in [-0.2, -0.15) is 0 Å². The van der Waals surface area contributed by atoms with E-state index in [9.17, 15) is 9.59 Å². The molecule has 0 aromatic heterocycles. The lowest BCUT2D eigenvalue weighted by molar-refractivity contribution is -0.140. The fraction of sp³-hybridized carbons (Fsp3) is 0.692. The van der Waals surface area contributed by atoms with Gasteiger partial charge in [0.05, 0.1) is 5.92 Å². The second kappa shape index (κ2) is 5.10. The molecule has 5 heteroatoms. The normalized spacial score (nSPS) is 30.1. The van der Waals surface area contributed by atoms with Crippen LogP contribution in [-0.4, -0.2) is 36.1 Å². The molecule has 1 aliphatic carbocycles. The molecule has 5 nitrogen and oxygen atoms in total. The van der Waals surface area contributed by atoms with Gasteiger partial charge in [0.1, 0.15) is 0 Å². The summed E-state index contributed by atoms with van der Waals surface area (Å²) in [5.74, 6) is -1.24. The number of carbonyl (C=O) groups is 2. The largest absolute Gasteiger partial charge is 0.481 e. The van der Waals surface area contributed by atoms with Gasteiger partial charge in [0.25, 0.3) is 0 Å². The lowest BCUT2D eigenvalue weighted by Gasteiger charge is -2.33. The standard InChI is InChI=1S/C13H20N2O3/c1-13(4-6-14-7-5-13)12(18)15-10-3-2-9(8-10)11(16)17/h2-3,9-10,14H,4-8H2,1H3,(H,15,18)(H,16,17). The number of carboxylic acids is 1. The van der Waals surface area contributed by atoms with E-state index in [1.807, 2.05) is 6.92 Å². The third-order valence-electron chi connectivity index (χ3n) is 3.97. The van der Waals surface area contributed by atoms with Crippen LogP contribution in [0.2, 0.25) is 0 Å². The minimum absolute atomic E-state index is 0.0460. The minimum Gasteiger partial charge on any atom is -0.481 e. The fourth-order valence-electron chi connectivity index (χ4n) is 2.54. The van der Waals surface area contributed by atoms with Crippen LogP contribution < -0.4 is 10.6 Å². The van der Waals surface area contributed by atoms with E-state index in [0.717, 1.165) is 25.9 Å². The van der Waals surface area contributed by atoms with Crippen LogP contribution in [0.3, 0.4) is 0 Å². The van der Waals surface area contributed by atoms with E-state index in [2.05, 4.69) is 10.6 Å². The van der Waals surface area contributed by atoms with Gasteiger partial charge in [0, 0.05) is 11.5 Å². The zero-order chi connectivity index (χ0) is 13.2. The van der Waals surface area contributed by atoms with Gasteiger partial charge >= 0.3 is 5.97 Å². The van der Waals surface area contributed by atoms with Gasteiger partial charge in [0.15, 0.2) is 0 Å². The summed E-state index contributed by atoms with van der Waals surface area (Å²) in [7, 11) is 0. The topological polar surface area (TPSA) is 78.4 Å². The highest BCUT2D eigenvalue weighted by Crippen LogP contribution is 2.29. The van der Waals surface area contributed by atoms with Crippen molar-refractivity contribution < 1.29 is 14.7 Å². The zero-order valence-corrected chi connectivity index (χ0v) is 10.6. The molecule has 100 valence electrons. The average molecular weight is 252 g/mol. The number of nitrogens with one attached hydrogen (secondary N) is 2. The summed E-state index contributed by atoms with van der Waals surface area (Å²) in [6.45, 7) is 3.71. The van der Waals surface area contributed by atoms with Gasteiger partial charge < -0.3 is 15.7 Å². The highest BCUT2D eigenvalue weighted by atomic mass is 16.4. The van der Waals surface area contributed by atoms with E-state index in [1.165, 1.54) is 0 Å². The Morgan fingerprint density at radius 1 is 1.33 bits per heavy atom. The van der Waals surface area contributed by atoms with E-state index in [-0.39, 0.29) is 17.4 Å². The summed E-state index contributed by atoms with van der Waals surface area (Å²) in [6.07, 6.45) is 5.59. The predicted octanol–water partition coefficient (Wildman–Crippen LogP) is 0.522. The molecule has 2 rings (SSSR count). The van der Waals surface area contributed by atoms with Crippen molar-refractivity contribution in [2.24, 2.45) is 11.3 Å². The highest BCUT2D eigenvalue weighted by Gasteiger charge is 2.36. The molecule has 0 saturated carbocycles. The van der Waals surface area contributed by atoms with Crippen LogP contribution in [0.1, 0.15) is 26.2 Å². The molecule has 0 radical (unpaired) electrons. The molecule has 1 saturated heterocycles. The molecule has 1 amide bonds. The SMILES string of the molecule is CC1(C(=O)NC2C=CC(C(=O)O)C2)CCNCC1. The van der Waals surface area contributed by atoms with E-state index < -0.39 is 11.9 Å². The molecule has 2 aliphatic rings. The first-order valence-electron chi connectivity index (χ1n) is 6.44. The third-order valence-corrected chi connectivity index (χ3v) is 3.97. The maximum atomic E-state index is 12.2. The van der Waals surface area contributed by atoms with Gasteiger partial charge in [-0.05, 0) is 32.4 Å². The van der Waals surface area contributed by atoms with Crippen molar-refractivity contribution >= 4 is 11.9 Å². The summed E-state index contributed by atoms with van der Waals surface area (Å²) in [5.41, 5.74) is -0.319. The van der Waals surface area contributed by atoms with Crippen LogP contribution in [0, 0.1) is 11.3 Å². The van der Waals surface area contributed by atoms with Gasteiger partial charge in [-0.25, -0.2) is 0 Å². The van der Waals surface area contributed by atoms with Crippen molar-refractivity contribution in [3.63, 3.8) is 0 Å². The maximum Gasteiger partial charge on any atom is 0.310 e.